The van der Waals surface area contributed by atoms with Crippen molar-refractivity contribution >= 4 is 31.9 Å². The highest BCUT2D eigenvalue weighted by molar-refractivity contribution is 9.10. The maximum Gasteiger partial charge on any atom is 0.0700 e. The zero-order valence-electron chi connectivity index (χ0n) is 10.8. The Labute approximate surface area is 125 Å². The summed E-state index contributed by atoms with van der Waals surface area (Å²) in [7, 11) is 0. The molecule has 1 heterocycles. The lowest BCUT2D eigenvalue weighted by Crippen LogP contribution is -2.03. The molecule has 0 spiro atoms. The molecule has 18 heavy (non-hydrogen) atoms. The number of aromatic nitrogens is 2. The molecule has 0 N–H and O–H groups in total. The van der Waals surface area contributed by atoms with Crippen molar-refractivity contribution in [1.82, 2.24) is 9.78 Å². The molecule has 0 fully saturated rings. The average Bonchev–Trinajstić information content (AvgIpc) is 2.64. The van der Waals surface area contributed by atoms with Crippen molar-refractivity contribution < 1.29 is 0 Å². The Morgan fingerprint density at radius 1 is 1.28 bits per heavy atom. The molecule has 0 aliphatic rings. The normalized spacial score (nSPS) is 10.9. The minimum absolute atomic E-state index is 0.829. The van der Waals surface area contributed by atoms with Crippen LogP contribution in [0.4, 0.5) is 0 Å². The van der Waals surface area contributed by atoms with Crippen LogP contribution in [-0.2, 0) is 11.8 Å². The molecule has 0 aliphatic heterocycles. The summed E-state index contributed by atoms with van der Waals surface area (Å²) in [6.45, 7) is 6.39. The minimum Gasteiger partial charge on any atom is -0.237 e. The highest BCUT2D eigenvalue weighted by atomic mass is 79.9. The molecule has 2 rings (SSSR count). The second kappa shape index (κ2) is 5.57. The fourth-order valence-electron chi connectivity index (χ4n) is 2.27. The number of aryl methyl sites for hydroxylation is 1. The van der Waals surface area contributed by atoms with E-state index in [0.29, 0.717) is 0 Å². The zero-order valence-corrected chi connectivity index (χ0v) is 14.0. The number of halogens is 2. The average molecular weight is 372 g/mol. The quantitative estimate of drug-likeness (QED) is 0.714. The number of hydrogen-bond donors (Lipinski definition) is 0. The van der Waals surface area contributed by atoms with Gasteiger partial charge in [-0.1, -0.05) is 44.8 Å². The van der Waals surface area contributed by atoms with Crippen molar-refractivity contribution in [2.45, 2.75) is 32.5 Å². The Morgan fingerprint density at radius 3 is 2.56 bits per heavy atom. The van der Waals surface area contributed by atoms with Crippen LogP contribution in [0.5, 0.6) is 0 Å². The van der Waals surface area contributed by atoms with Gasteiger partial charge in [0.15, 0.2) is 0 Å². The Balaban J connectivity index is 2.65. The fourth-order valence-corrected chi connectivity index (χ4v) is 3.09. The number of benzene rings is 1. The molecular formula is C14H16Br2N2. The molecule has 1 aromatic carbocycles. The highest BCUT2D eigenvalue weighted by Gasteiger charge is 2.13. The predicted octanol–water partition coefficient (Wildman–Crippen LogP) is 4.71. The largest absolute Gasteiger partial charge is 0.237 e. The number of rotatable bonds is 3. The third-order valence-corrected chi connectivity index (χ3v) is 4.31. The Hall–Kier alpha value is -0.610. The van der Waals surface area contributed by atoms with Gasteiger partial charge >= 0.3 is 0 Å². The summed E-state index contributed by atoms with van der Waals surface area (Å²) in [5.41, 5.74) is 6.08. The molecule has 0 aliphatic carbocycles. The lowest BCUT2D eigenvalue weighted by Gasteiger charge is -2.10. The lowest BCUT2D eigenvalue weighted by molar-refractivity contribution is 0.825. The van der Waals surface area contributed by atoms with Gasteiger partial charge in [0, 0.05) is 15.5 Å². The van der Waals surface area contributed by atoms with E-state index in [-0.39, 0.29) is 0 Å². The number of nitrogens with zero attached hydrogens (tertiary/aromatic N) is 2. The summed E-state index contributed by atoms with van der Waals surface area (Å²) < 4.78 is 3.13. The van der Waals surface area contributed by atoms with Crippen LogP contribution in [-0.4, -0.2) is 9.78 Å². The minimum atomic E-state index is 0.829. The highest BCUT2D eigenvalue weighted by Crippen LogP contribution is 2.25. The fraction of sp³-hybridized carbons (Fsp3) is 0.357. The van der Waals surface area contributed by atoms with Gasteiger partial charge in [-0.15, -0.1) is 0 Å². The predicted molar refractivity (Wildman–Crippen MR) is 82.7 cm³/mol. The van der Waals surface area contributed by atoms with E-state index in [4.69, 9.17) is 0 Å². The van der Waals surface area contributed by atoms with Gasteiger partial charge in [-0.2, -0.15) is 5.10 Å². The van der Waals surface area contributed by atoms with E-state index in [9.17, 15) is 0 Å². The van der Waals surface area contributed by atoms with Crippen molar-refractivity contribution in [3.05, 3.63) is 45.2 Å². The summed E-state index contributed by atoms with van der Waals surface area (Å²) in [5.74, 6) is 0. The monoisotopic (exact) mass is 370 g/mol. The van der Waals surface area contributed by atoms with Crippen LogP contribution < -0.4 is 0 Å². The molecule has 0 bridgehead atoms. The topological polar surface area (TPSA) is 17.8 Å². The third kappa shape index (κ3) is 2.41. The summed E-state index contributed by atoms with van der Waals surface area (Å²) >= 11 is 7.07. The van der Waals surface area contributed by atoms with Crippen LogP contribution in [0.15, 0.2) is 22.7 Å². The molecule has 0 unspecified atom stereocenters. The number of alkyl halides is 1. The van der Waals surface area contributed by atoms with Crippen molar-refractivity contribution in [3.8, 4) is 5.69 Å². The van der Waals surface area contributed by atoms with Gasteiger partial charge in [-0.25, -0.2) is 4.68 Å². The maximum absolute atomic E-state index is 4.68. The van der Waals surface area contributed by atoms with Crippen LogP contribution in [0, 0.1) is 13.8 Å². The first-order valence-electron chi connectivity index (χ1n) is 5.98. The van der Waals surface area contributed by atoms with Gasteiger partial charge in [0.25, 0.3) is 0 Å². The van der Waals surface area contributed by atoms with Crippen LogP contribution in [0.2, 0.25) is 0 Å². The van der Waals surface area contributed by atoms with E-state index in [1.807, 2.05) is 0 Å². The second-order valence-electron chi connectivity index (χ2n) is 4.32. The molecule has 0 saturated heterocycles. The Bertz CT molecular complexity index is 573. The smallest absolute Gasteiger partial charge is 0.0700 e. The lowest BCUT2D eigenvalue weighted by atomic mass is 10.1. The van der Waals surface area contributed by atoms with Crippen LogP contribution in [0.25, 0.3) is 5.69 Å². The Morgan fingerprint density at radius 2 is 2.00 bits per heavy atom. The van der Waals surface area contributed by atoms with Crippen molar-refractivity contribution in [1.29, 1.82) is 0 Å². The molecular weight excluding hydrogens is 356 g/mol. The van der Waals surface area contributed by atoms with Crippen molar-refractivity contribution in [2.75, 3.05) is 0 Å². The molecule has 0 atom stereocenters. The Kier molecular flexibility index (Phi) is 4.28. The zero-order chi connectivity index (χ0) is 13.3. The van der Waals surface area contributed by atoms with Gasteiger partial charge in [-0.05, 0) is 43.5 Å². The molecule has 2 nitrogen and oxygen atoms in total. The number of hydrogen-bond acceptors (Lipinski definition) is 1. The molecule has 0 radical (unpaired) electrons. The first-order chi connectivity index (χ1) is 8.58. The van der Waals surface area contributed by atoms with E-state index in [2.05, 4.69) is 80.6 Å². The summed E-state index contributed by atoms with van der Waals surface area (Å²) in [4.78, 5) is 0. The third-order valence-electron chi connectivity index (χ3n) is 3.21. The SMILES string of the molecule is CCc1c(C)nn(-c2cc(Br)ccc2CBr)c1C. The van der Waals surface area contributed by atoms with Crippen LogP contribution in [0.1, 0.15) is 29.4 Å². The van der Waals surface area contributed by atoms with E-state index >= 15 is 0 Å². The van der Waals surface area contributed by atoms with Crippen molar-refractivity contribution in [2.24, 2.45) is 0 Å². The second-order valence-corrected chi connectivity index (χ2v) is 5.80. The first kappa shape index (κ1) is 13.8. The molecule has 0 amide bonds. The van der Waals surface area contributed by atoms with Gasteiger partial charge in [0.1, 0.15) is 0 Å². The molecule has 2 aromatic rings. The van der Waals surface area contributed by atoms with Crippen molar-refractivity contribution in [3.63, 3.8) is 0 Å². The van der Waals surface area contributed by atoms with Crippen LogP contribution >= 0.6 is 31.9 Å². The molecule has 96 valence electrons. The van der Waals surface area contributed by atoms with E-state index in [1.165, 1.54) is 16.8 Å². The summed E-state index contributed by atoms with van der Waals surface area (Å²) in [5, 5.41) is 5.50. The standard InChI is InChI=1S/C14H16Br2N2/c1-4-13-9(2)17-18(10(13)3)14-7-12(16)6-5-11(14)8-15/h5-7H,4,8H2,1-3H3. The molecule has 0 saturated carbocycles. The molecule has 1 aromatic heterocycles. The molecule has 4 heteroatoms. The van der Waals surface area contributed by atoms with E-state index in [0.717, 1.165) is 27.6 Å². The van der Waals surface area contributed by atoms with E-state index < -0.39 is 0 Å². The maximum atomic E-state index is 4.68. The summed E-state index contributed by atoms with van der Waals surface area (Å²) in [6, 6.07) is 6.30. The van der Waals surface area contributed by atoms with Gasteiger partial charge in [0.05, 0.1) is 11.4 Å². The summed E-state index contributed by atoms with van der Waals surface area (Å²) in [6.07, 6.45) is 1.02. The first-order valence-corrected chi connectivity index (χ1v) is 7.89. The van der Waals surface area contributed by atoms with Gasteiger partial charge in [0.2, 0.25) is 0 Å². The van der Waals surface area contributed by atoms with Gasteiger partial charge in [-0.3, -0.25) is 0 Å². The van der Waals surface area contributed by atoms with E-state index in [1.54, 1.807) is 0 Å². The van der Waals surface area contributed by atoms with Gasteiger partial charge < -0.3 is 0 Å². The van der Waals surface area contributed by atoms with Crippen LogP contribution in [0.3, 0.4) is 0 Å².